The molecular formula is C15H17BO2. The molecule has 2 nitrogen and oxygen atoms in total. The Morgan fingerprint density at radius 3 is 2.67 bits per heavy atom. The maximum Gasteiger partial charge on any atom is 0.338 e. The van der Waals surface area contributed by atoms with E-state index in [0.717, 1.165) is 18.4 Å². The molecule has 0 amide bonds. The number of esters is 1. The minimum absolute atomic E-state index is 0.130. The summed E-state index contributed by atoms with van der Waals surface area (Å²) in [6.45, 7) is 6.13. The largest absolute Gasteiger partial charge is 0.455 e. The topological polar surface area (TPSA) is 26.3 Å². The van der Waals surface area contributed by atoms with Gasteiger partial charge in [0.1, 0.15) is 6.10 Å². The molecule has 0 spiro atoms. The molecule has 2 rings (SSSR count). The Bertz CT molecular complexity index is 441. The second-order valence-electron chi connectivity index (χ2n) is 4.77. The highest BCUT2D eigenvalue weighted by Gasteiger charge is 2.36. The van der Waals surface area contributed by atoms with Crippen molar-refractivity contribution in [3.05, 3.63) is 48.0 Å². The van der Waals surface area contributed by atoms with E-state index in [9.17, 15) is 4.79 Å². The molecule has 3 atom stereocenters. The van der Waals surface area contributed by atoms with Crippen molar-refractivity contribution >= 4 is 13.8 Å². The van der Waals surface area contributed by atoms with Crippen LogP contribution in [0.3, 0.4) is 0 Å². The van der Waals surface area contributed by atoms with Crippen LogP contribution in [0.25, 0.3) is 0 Å². The van der Waals surface area contributed by atoms with Crippen LogP contribution in [0, 0.1) is 5.92 Å². The van der Waals surface area contributed by atoms with Crippen molar-refractivity contribution in [2.24, 2.45) is 5.92 Å². The van der Waals surface area contributed by atoms with Crippen LogP contribution in [0.2, 0.25) is 5.82 Å². The molecule has 3 unspecified atom stereocenters. The predicted molar refractivity (Wildman–Crippen MR) is 72.7 cm³/mol. The zero-order chi connectivity index (χ0) is 13.1. The van der Waals surface area contributed by atoms with Gasteiger partial charge in [0.25, 0.3) is 0 Å². The lowest BCUT2D eigenvalue weighted by Crippen LogP contribution is -2.21. The van der Waals surface area contributed by atoms with Gasteiger partial charge in [0.05, 0.1) is 13.4 Å². The summed E-state index contributed by atoms with van der Waals surface area (Å²) < 4.78 is 5.49. The molecule has 0 bridgehead atoms. The number of ether oxygens (including phenoxy) is 1. The van der Waals surface area contributed by atoms with Gasteiger partial charge in [-0.05, 0) is 42.3 Å². The second kappa shape index (κ2) is 5.43. The van der Waals surface area contributed by atoms with E-state index in [1.54, 1.807) is 12.1 Å². The molecular weight excluding hydrogens is 223 g/mol. The van der Waals surface area contributed by atoms with Crippen molar-refractivity contribution in [2.45, 2.75) is 31.7 Å². The highest BCUT2D eigenvalue weighted by Crippen LogP contribution is 2.41. The van der Waals surface area contributed by atoms with Crippen LogP contribution in [-0.4, -0.2) is 19.9 Å². The minimum atomic E-state index is -0.345. The van der Waals surface area contributed by atoms with Crippen LogP contribution in [-0.2, 0) is 4.74 Å². The van der Waals surface area contributed by atoms with Gasteiger partial charge in [0.15, 0.2) is 0 Å². The molecule has 0 aromatic heterocycles. The van der Waals surface area contributed by atoms with Crippen molar-refractivity contribution < 1.29 is 9.53 Å². The maximum absolute atomic E-state index is 12.0. The van der Waals surface area contributed by atoms with Crippen LogP contribution in [0.1, 0.15) is 30.1 Å². The molecule has 92 valence electrons. The SMILES string of the molecule is [B]C1CC(CC)C(=C)C1OC(=O)c1ccccc1. The van der Waals surface area contributed by atoms with Crippen molar-refractivity contribution in [3.63, 3.8) is 0 Å². The molecule has 1 aliphatic carbocycles. The van der Waals surface area contributed by atoms with E-state index in [1.165, 1.54) is 0 Å². The van der Waals surface area contributed by atoms with E-state index in [-0.39, 0.29) is 17.9 Å². The fourth-order valence-electron chi connectivity index (χ4n) is 2.46. The van der Waals surface area contributed by atoms with Gasteiger partial charge in [-0.15, -0.1) is 0 Å². The Morgan fingerprint density at radius 1 is 1.44 bits per heavy atom. The molecule has 1 saturated carbocycles. The number of carbonyl (C=O) groups is 1. The Labute approximate surface area is 109 Å². The Balaban J connectivity index is 2.06. The van der Waals surface area contributed by atoms with Crippen molar-refractivity contribution in [1.29, 1.82) is 0 Å². The molecule has 1 fully saturated rings. The monoisotopic (exact) mass is 240 g/mol. The van der Waals surface area contributed by atoms with Crippen molar-refractivity contribution in [2.75, 3.05) is 0 Å². The lowest BCUT2D eigenvalue weighted by atomic mass is 9.83. The van der Waals surface area contributed by atoms with E-state index in [0.29, 0.717) is 11.5 Å². The third-order valence-electron chi connectivity index (χ3n) is 3.57. The van der Waals surface area contributed by atoms with Gasteiger partial charge in [-0.25, -0.2) is 4.79 Å². The molecule has 2 radical (unpaired) electrons. The summed E-state index contributed by atoms with van der Waals surface area (Å²) in [7, 11) is 6.02. The first kappa shape index (κ1) is 12.9. The molecule has 1 aromatic carbocycles. The van der Waals surface area contributed by atoms with Crippen LogP contribution in [0.15, 0.2) is 42.5 Å². The van der Waals surface area contributed by atoms with E-state index in [4.69, 9.17) is 12.6 Å². The summed E-state index contributed by atoms with van der Waals surface area (Å²) in [6.07, 6.45) is 1.50. The van der Waals surface area contributed by atoms with Crippen molar-refractivity contribution in [3.8, 4) is 0 Å². The summed E-state index contributed by atoms with van der Waals surface area (Å²) in [6, 6.07) is 8.97. The summed E-state index contributed by atoms with van der Waals surface area (Å²) >= 11 is 0. The fourth-order valence-corrected chi connectivity index (χ4v) is 2.46. The summed E-state index contributed by atoms with van der Waals surface area (Å²) in [5, 5.41) is 0. The fraction of sp³-hybridized carbons (Fsp3) is 0.400. The molecule has 0 saturated heterocycles. The second-order valence-corrected chi connectivity index (χ2v) is 4.77. The third-order valence-corrected chi connectivity index (χ3v) is 3.57. The molecule has 0 aliphatic heterocycles. The molecule has 0 N–H and O–H groups in total. The summed E-state index contributed by atoms with van der Waals surface area (Å²) in [5.74, 6) is -0.0855. The lowest BCUT2D eigenvalue weighted by Gasteiger charge is -2.18. The van der Waals surface area contributed by atoms with Gasteiger partial charge in [-0.1, -0.05) is 31.7 Å². The van der Waals surface area contributed by atoms with E-state index >= 15 is 0 Å². The zero-order valence-electron chi connectivity index (χ0n) is 10.6. The average Bonchev–Trinajstić information content (AvgIpc) is 2.67. The van der Waals surface area contributed by atoms with Gasteiger partial charge in [0, 0.05) is 0 Å². The number of benzene rings is 1. The number of rotatable bonds is 3. The molecule has 1 aromatic rings. The Morgan fingerprint density at radius 2 is 2.11 bits per heavy atom. The van der Waals surface area contributed by atoms with Crippen LogP contribution in [0.4, 0.5) is 0 Å². The van der Waals surface area contributed by atoms with Crippen LogP contribution < -0.4 is 0 Å². The predicted octanol–water partition coefficient (Wildman–Crippen LogP) is 3.16. The standard InChI is InChI=1S/C15H17BO2/c1-3-11-9-13(16)14(10(11)2)18-15(17)12-7-5-4-6-8-12/h4-8,11,13-14H,2-3,9H2,1H3. The first-order chi connectivity index (χ1) is 8.63. The molecule has 3 heteroatoms. The van der Waals surface area contributed by atoms with Gasteiger partial charge >= 0.3 is 5.97 Å². The first-order valence-corrected chi connectivity index (χ1v) is 6.33. The van der Waals surface area contributed by atoms with Gasteiger partial charge < -0.3 is 4.74 Å². The van der Waals surface area contributed by atoms with E-state index in [2.05, 4.69) is 13.5 Å². The van der Waals surface area contributed by atoms with Crippen LogP contribution in [0.5, 0.6) is 0 Å². The average molecular weight is 240 g/mol. The highest BCUT2D eigenvalue weighted by atomic mass is 16.5. The summed E-state index contributed by atoms with van der Waals surface area (Å²) in [5.41, 5.74) is 1.51. The maximum atomic E-state index is 12.0. The van der Waals surface area contributed by atoms with Crippen molar-refractivity contribution in [1.82, 2.24) is 0 Å². The number of hydrogen-bond acceptors (Lipinski definition) is 2. The normalized spacial score (nSPS) is 27.2. The highest BCUT2D eigenvalue weighted by molar-refractivity contribution is 6.12. The number of carbonyl (C=O) groups excluding carboxylic acids is 1. The van der Waals surface area contributed by atoms with Crippen LogP contribution >= 0.6 is 0 Å². The minimum Gasteiger partial charge on any atom is -0.455 e. The van der Waals surface area contributed by atoms with Gasteiger partial charge in [0.2, 0.25) is 0 Å². The Hall–Kier alpha value is -1.51. The molecule has 0 heterocycles. The summed E-state index contributed by atoms with van der Waals surface area (Å²) in [4.78, 5) is 12.0. The quantitative estimate of drug-likeness (QED) is 0.461. The third kappa shape index (κ3) is 2.50. The van der Waals surface area contributed by atoms with E-state index in [1.807, 2.05) is 18.2 Å². The lowest BCUT2D eigenvalue weighted by molar-refractivity contribution is 0.0386. The van der Waals surface area contributed by atoms with Gasteiger partial charge in [-0.3, -0.25) is 0 Å². The Kier molecular flexibility index (Phi) is 3.90. The molecule has 18 heavy (non-hydrogen) atoms. The van der Waals surface area contributed by atoms with E-state index < -0.39 is 0 Å². The first-order valence-electron chi connectivity index (χ1n) is 6.33. The number of hydrogen-bond donors (Lipinski definition) is 0. The smallest absolute Gasteiger partial charge is 0.338 e. The zero-order valence-corrected chi connectivity index (χ0v) is 10.6. The molecule has 1 aliphatic rings. The van der Waals surface area contributed by atoms with Gasteiger partial charge in [-0.2, -0.15) is 0 Å².